The van der Waals surface area contributed by atoms with Crippen LogP contribution in [0.2, 0.25) is 0 Å². The molecule has 2 rings (SSSR count). The predicted molar refractivity (Wildman–Crippen MR) is 70.7 cm³/mol. The summed E-state index contributed by atoms with van der Waals surface area (Å²) in [5.74, 6) is -1.18. The highest BCUT2D eigenvalue weighted by Crippen LogP contribution is 2.19. The molecule has 0 aromatic heterocycles. The molecule has 0 radical (unpaired) electrons. The van der Waals surface area contributed by atoms with Crippen molar-refractivity contribution in [3.8, 4) is 0 Å². The summed E-state index contributed by atoms with van der Waals surface area (Å²) in [5, 5.41) is 12.6. The molecule has 1 atom stereocenters. The maximum absolute atomic E-state index is 11.4. The van der Waals surface area contributed by atoms with Gasteiger partial charge in [0.2, 0.25) is 0 Å². The molecule has 4 heteroatoms. The predicted octanol–water partition coefficient (Wildman–Crippen LogP) is 1.15. The monoisotopic (exact) mass is 248 g/mol. The molecule has 1 heterocycles. The Morgan fingerprint density at radius 3 is 2.56 bits per heavy atom. The van der Waals surface area contributed by atoms with Crippen LogP contribution >= 0.6 is 0 Å². The highest BCUT2D eigenvalue weighted by atomic mass is 16.4. The number of likely N-dealkylation sites (N-methyl/N-ethyl adjacent to an activating group) is 1. The average molecular weight is 248 g/mol. The first-order chi connectivity index (χ1) is 8.72. The topological polar surface area (TPSA) is 52.6 Å². The first kappa shape index (κ1) is 13.1. The molecule has 18 heavy (non-hydrogen) atoms. The first-order valence-corrected chi connectivity index (χ1v) is 6.45. The average Bonchev–Trinajstić information content (AvgIpc) is 2.32. The Balaban J connectivity index is 2.08. The Bertz CT molecular complexity index is 390. The van der Waals surface area contributed by atoms with Gasteiger partial charge in [-0.15, -0.1) is 0 Å². The van der Waals surface area contributed by atoms with E-state index in [0.717, 1.165) is 25.2 Å². The van der Waals surface area contributed by atoms with Crippen LogP contribution in [0.5, 0.6) is 0 Å². The van der Waals surface area contributed by atoms with Crippen LogP contribution in [0.4, 0.5) is 0 Å². The van der Waals surface area contributed by atoms with Crippen molar-refractivity contribution in [2.24, 2.45) is 0 Å². The third-order valence-corrected chi connectivity index (χ3v) is 3.60. The summed E-state index contributed by atoms with van der Waals surface area (Å²) in [6.45, 7) is 5.50. The van der Waals surface area contributed by atoms with Crippen LogP contribution in [0, 0.1) is 0 Å². The lowest BCUT2D eigenvalue weighted by atomic mass is 9.97. The SMILES string of the molecule is CCN(CC(C(=O)O)c1ccccc1)C1CNC1. The molecule has 2 N–H and O–H groups in total. The molecule has 1 aliphatic rings. The van der Waals surface area contributed by atoms with Crippen molar-refractivity contribution in [3.63, 3.8) is 0 Å². The Kier molecular flexibility index (Phi) is 4.33. The minimum absolute atomic E-state index is 0.438. The summed E-state index contributed by atoms with van der Waals surface area (Å²) in [5.41, 5.74) is 0.885. The number of carbonyl (C=O) groups is 1. The van der Waals surface area contributed by atoms with Crippen molar-refractivity contribution in [2.45, 2.75) is 18.9 Å². The summed E-state index contributed by atoms with van der Waals surface area (Å²) in [6, 6.07) is 9.98. The number of nitrogens with one attached hydrogen (secondary N) is 1. The van der Waals surface area contributed by atoms with E-state index >= 15 is 0 Å². The van der Waals surface area contributed by atoms with Crippen molar-refractivity contribution in [3.05, 3.63) is 35.9 Å². The summed E-state index contributed by atoms with van der Waals surface area (Å²) < 4.78 is 0. The van der Waals surface area contributed by atoms with Crippen LogP contribution in [-0.4, -0.2) is 48.2 Å². The number of hydrogen-bond acceptors (Lipinski definition) is 3. The van der Waals surface area contributed by atoms with E-state index in [1.807, 2.05) is 30.3 Å². The normalized spacial score (nSPS) is 17.4. The van der Waals surface area contributed by atoms with E-state index in [4.69, 9.17) is 0 Å². The lowest BCUT2D eigenvalue weighted by Gasteiger charge is -2.38. The van der Waals surface area contributed by atoms with Gasteiger partial charge in [-0.2, -0.15) is 0 Å². The molecule has 0 saturated carbocycles. The van der Waals surface area contributed by atoms with Gasteiger partial charge in [-0.1, -0.05) is 37.3 Å². The van der Waals surface area contributed by atoms with E-state index < -0.39 is 11.9 Å². The van der Waals surface area contributed by atoms with Gasteiger partial charge in [0.05, 0.1) is 5.92 Å². The van der Waals surface area contributed by atoms with E-state index in [-0.39, 0.29) is 0 Å². The Morgan fingerprint density at radius 1 is 1.44 bits per heavy atom. The minimum Gasteiger partial charge on any atom is -0.481 e. The second-order valence-corrected chi connectivity index (χ2v) is 4.70. The fourth-order valence-electron chi connectivity index (χ4n) is 2.31. The van der Waals surface area contributed by atoms with E-state index in [9.17, 15) is 9.90 Å². The summed E-state index contributed by atoms with van der Waals surface area (Å²) in [4.78, 5) is 13.7. The van der Waals surface area contributed by atoms with Crippen molar-refractivity contribution in [1.29, 1.82) is 0 Å². The van der Waals surface area contributed by atoms with Crippen molar-refractivity contribution < 1.29 is 9.90 Å². The molecule has 0 aliphatic carbocycles. The van der Waals surface area contributed by atoms with Crippen LogP contribution in [0.15, 0.2) is 30.3 Å². The number of nitrogens with zero attached hydrogens (tertiary/aromatic N) is 1. The van der Waals surface area contributed by atoms with Crippen LogP contribution in [-0.2, 0) is 4.79 Å². The number of aliphatic carboxylic acids is 1. The molecule has 0 bridgehead atoms. The molecule has 1 saturated heterocycles. The third kappa shape index (κ3) is 2.89. The molecule has 1 aromatic carbocycles. The quantitative estimate of drug-likeness (QED) is 0.793. The molecule has 0 spiro atoms. The zero-order valence-corrected chi connectivity index (χ0v) is 10.7. The highest BCUT2D eigenvalue weighted by Gasteiger charge is 2.29. The van der Waals surface area contributed by atoms with Crippen molar-refractivity contribution in [2.75, 3.05) is 26.2 Å². The molecular formula is C14H20N2O2. The Morgan fingerprint density at radius 2 is 2.11 bits per heavy atom. The van der Waals surface area contributed by atoms with Crippen LogP contribution in [0.25, 0.3) is 0 Å². The molecule has 1 unspecified atom stereocenters. The van der Waals surface area contributed by atoms with Gasteiger partial charge < -0.3 is 10.4 Å². The van der Waals surface area contributed by atoms with E-state index in [1.54, 1.807) is 0 Å². The zero-order chi connectivity index (χ0) is 13.0. The molecule has 1 aromatic rings. The van der Waals surface area contributed by atoms with Gasteiger partial charge in [0, 0.05) is 25.7 Å². The lowest BCUT2D eigenvalue weighted by Crippen LogP contribution is -2.58. The number of rotatable bonds is 6. The number of hydrogen-bond donors (Lipinski definition) is 2. The second-order valence-electron chi connectivity index (χ2n) is 4.70. The van der Waals surface area contributed by atoms with Gasteiger partial charge in [-0.05, 0) is 12.1 Å². The Labute approximate surface area is 108 Å². The molecule has 0 amide bonds. The standard InChI is InChI=1S/C14H20N2O2/c1-2-16(12-8-15-9-12)10-13(14(17)18)11-6-4-3-5-7-11/h3-7,12-13,15H,2,8-10H2,1H3,(H,17,18). The Hall–Kier alpha value is -1.39. The summed E-state index contributed by atoms with van der Waals surface area (Å²) in [7, 11) is 0. The van der Waals surface area contributed by atoms with E-state index in [0.29, 0.717) is 12.6 Å². The number of benzene rings is 1. The van der Waals surface area contributed by atoms with Crippen molar-refractivity contribution in [1.82, 2.24) is 10.2 Å². The number of carboxylic acid groups (broad SMARTS) is 1. The van der Waals surface area contributed by atoms with Gasteiger partial charge in [0.1, 0.15) is 0 Å². The van der Waals surface area contributed by atoms with E-state index in [1.165, 1.54) is 0 Å². The first-order valence-electron chi connectivity index (χ1n) is 6.45. The van der Waals surface area contributed by atoms with Gasteiger partial charge in [-0.25, -0.2) is 0 Å². The molecule has 1 fully saturated rings. The van der Waals surface area contributed by atoms with Gasteiger partial charge >= 0.3 is 5.97 Å². The second kappa shape index (κ2) is 5.98. The molecule has 98 valence electrons. The lowest BCUT2D eigenvalue weighted by molar-refractivity contribution is -0.139. The van der Waals surface area contributed by atoms with Gasteiger partial charge in [0.15, 0.2) is 0 Å². The number of carboxylic acids is 1. The maximum Gasteiger partial charge on any atom is 0.312 e. The van der Waals surface area contributed by atoms with E-state index in [2.05, 4.69) is 17.1 Å². The van der Waals surface area contributed by atoms with Crippen LogP contribution in [0.3, 0.4) is 0 Å². The highest BCUT2D eigenvalue weighted by molar-refractivity contribution is 5.76. The summed E-state index contributed by atoms with van der Waals surface area (Å²) >= 11 is 0. The van der Waals surface area contributed by atoms with Gasteiger partial charge in [-0.3, -0.25) is 9.69 Å². The smallest absolute Gasteiger partial charge is 0.312 e. The fourth-order valence-corrected chi connectivity index (χ4v) is 2.31. The molecular weight excluding hydrogens is 228 g/mol. The minimum atomic E-state index is -0.744. The fraction of sp³-hybridized carbons (Fsp3) is 0.500. The summed E-state index contributed by atoms with van der Waals surface area (Å²) in [6.07, 6.45) is 0. The van der Waals surface area contributed by atoms with Crippen molar-refractivity contribution >= 4 is 5.97 Å². The third-order valence-electron chi connectivity index (χ3n) is 3.60. The van der Waals surface area contributed by atoms with Crippen LogP contribution < -0.4 is 5.32 Å². The van der Waals surface area contributed by atoms with Gasteiger partial charge in [0.25, 0.3) is 0 Å². The van der Waals surface area contributed by atoms with Crippen LogP contribution in [0.1, 0.15) is 18.4 Å². The maximum atomic E-state index is 11.4. The molecule has 4 nitrogen and oxygen atoms in total. The zero-order valence-electron chi connectivity index (χ0n) is 10.7. The molecule has 1 aliphatic heterocycles. The largest absolute Gasteiger partial charge is 0.481 e.